The van der Waals surface area contributed by atoms with Gasteiger partial charge in [-0.05, 0) is 19.1 Å². The Kier molecular flexibility index (Phi) is 2.71. The highest BCUT2D eigenvalue weighted by Crippen LogP contribution is 2.24. The fraction of sp³-hybridized carbons (Fsp3) is 0.250. The standard InChI is InChI=1S/C8H7ClFO/c1-2-11-8-4-3-6(10)5-7(8)9/h4-5H,2H2,1H3. The summed E-state index contributed by atoms with van der Waals surface area (Å²) in [5.41, 5.74) is 0. The van der Waals surface area contributed by atoms with E-state index in [1.54, 1.807) is 0 Å². The molecule has 59 valence electrons. The summed E-state index contributed by atoms with van der Waals surface area (Å²) < 4.78 is 17.5. The van der Waals surface area contributed by atoms with E-state index in [2.05, 4.69) is 6.07 Å². The van der Waals surface area contributed by atoms with Crippen LogP contribution in [0.25, 0.3) is 0 Å². The lowest BCUT2D eigenvalue weighted by Crippen LogP contribution is -1.92. The minimum atomic E-state index is -0.474. The molecule has 1 aromatic rings. The van der Waals surface area contributed by atoms with E-state index >= 15 is 0 Å². The fourth-order valence-corrected chi connectivity index (χ4v) is 0.899. The summed E-state index contributed by atoms with van der Waals surface area (Å²) in [5, 5.41) is 0.281. The first kappa shape index (κ1) is 8.34. The van der Waals surface area contributed by atoms with Gasteiger partial charge in [0.1, 0.15) is 11.6 Å². The smallest absolute Gasteiger partial charge is 0.138 e. The molecule has 0 heterocycles. The SMILES string of the molecule is CCOc1c[c]c(F)cc1Cl. The molecule has 0 fully saturated rings. The van der Waals surface area contributed by atoms with Crippen LogP contribution in [0.1, 0.15) is 6.92 Å². The van der Waals surface area contributed by atoms with Crippen LogP contribution in [0.3, 0.4) is 0 Å². The molecular weight excluding hydrogens is 167 g/mol. The normalized spacial score (nSPS) is 9.73. The highest BCUT2D eigenvalue weighted by Gasteiger charge is 2.01. The zero-order chi connectivity index (χ0) is 8.27. The van der Waals surface area contributed by atoms with Gasteiger partial charge in [0.05, 0.1) is 11.6 Å². The van der Waals surface area contributed by atoms with Crippen molar-refractivity contribution in [3.63, 3.8) is 0 Å². The van der Waals surface area contributed by atoms with Crippen molar-refractivity contribution in [2.45, 2.75) is 6.92 Å². The highest BCUT2D eigenvalue weighted by molar-refractivity contribution is 6.32. The summed E-state index contributed by atoms with van der Waals surface area (Å²) in [5.74, 6) is -0.00554. The van der Waals surface area contributed by atoms with Crippen molar-refractivity contribution in [2.75, 3.05) is 6.61 Å². The molecule has 0 spiro atoms. The van der Waals surface area contributed by atoms with Crippen molar-refractivity contribution in [3.05, 3.63) is 29.0 Å². The topological polar surface area (TPSA) is 9.23 Å². The van der Waals surface area contributed by atoms with E-state index in [1.807, 2.05) is 6.92 Å². The van der Waals surface area contributed by atoms with Crippen LogP contribution in [0.15, 0.2) is 12.1 Å². The van der Waals surface area contributed by atoms with E-state index < -0.39 is 5.82 Å². The van der Waals surface area contributed by atoms with Gasteiger partial charge in [-0.2, -0.15) is 0 Å². The summed E-state index contributed by atoms with van der Waals surface area (Å²) in [6, 6.07) is 4.91. The molecule has 0 aliphatic rings. The van der Waals surface area contributed by atoms with Gasteiger partial charge in [0.15, 0.2) is 0 Å². The van der Waals surface area contributed by atoms with E-state index in [0.717, 1.165) is 0 Å². The fourth-order valence-electron chi connectivity index (χ4n) is 0.694. The number of benzene rings is 1. The highest BCUT2D eigenvalue weighted by atomic mass is 35.5. The van der Waals surface area contributed by atoms with Crippen LogP contribution in [0, 0.1) is 11.9 Å². The Morgan fingerprint density at radius 3 is 3.00 bits per heavy atom. The van der Waals surface area contributed by atoms with Gasteiger partial charge in [-0.3, -0.25) is 0 Å². The molecular formula is C8H7ClFO. The predicted octanol–water partition coefficient (Wildman–Crippen LogP) is 2.68. The molecule has 0 saturated heterocycles. The van der Waals surface area contributed by atoms with Crippen molar-refractivity contribution in [1.82, 2.24) is 0 Å². The number of hydrogen-bond donors (Lipinski definition) is 0. The van der Waals surface area contributed by atoms with Crippen molar-refractivity contribution < 1.29 is 9.13 Å². The average Bonchev–Trinajstić information content (AvgIpc) is 1.95. The molecule has 1 rings (SSSR count). The first-order valence-corrected chi connectivity index (χ1v) is 3.61. The maximum atomic E-state index is 12.4. The molecule has 0 unspecified atom stereocenters. The third kappa shape index (κ3) is 2.09. The zero-order valence-corrected chi connectivity index (χ0v) is 6.78. The molecule has 0 bridgehead atoms. The lowest BCUT2D eigenvalue weighted by molar-refractivity contribution is 0.340. The molecule has 1 aromatic carbocycles. The van der Waals surface area contributed by atoms with Crippen LogP contribution in [0.5, 0.6) is 5.75 Å². The lowest BCUT2D eigenvalue weighted by atomic mass is 10.3. The third-order valence-electron chi connectivity index (χ3n) is 1.13. The van der Waals surface area contributed by atoms with Crippen LogP contribution in [-0.4, -0.2) is 6.61 Å². The van der Waals surface area contributed by atoms with Crippen molar-refractivity contribution in [3.8, 4) is 5.75 Å². The van der Waals surface area contributed by atoms with Gasteiger partial charge in [0.25, 0.3) is 0 Å². The number of hydrogen-bond acceptors (Lipinski definition) is 1. The van der Waals surface area contributed by atoms with Crippen LogP contribution in [-0.2, 0) is 0 Å². The predicted molar refractivity (Wildman–Crippen MR) is 41.4 cm³/mol. The van der Waals surface area contributed by atoms with E-state index in [9.17, 15) is 4.39 Å². The summed E-state index contributed by atoms with van der Waals surface area (Å²) in [4.78, 5) is 0. The Hall–Kier alpha value is -0.760. The second-order valence-electron chi connectivity index (χ2n) is 1.93. The molecule has 0 saturated carbocycles. The number of rotatable bonds is 2. The molecule has 1 nitrogen and oxygen atoms in total. The molecule has 0 aromatic heterocycles. The van der Waals surface area contributed by atoms with Crippen molar-refractivity contribution in [2.24, 2.45) is 0 Å². The Balaban J connectivity index is 2.90. The van der Waals surface area contributed by atoms with E-state index in [4.69, 9.17) is 16.3 Å². The van der Waals surface area contributed by atoms with Gasteiger partial charge in [0.2, 0.25) is 0 Å². The van der Waals surface area contributed by atoms with Gasteiger partial charge in [-0.15, -0.1) is 0 Å². The number of halogens is 2. The Bertz CT molecular complexity index is 250. The van der Waals surface area contributed by atoms with Gasteiger partial charge in [-0.25, -0.2) is 4.39 Å². The second-order valence-corrected chi connectivity index (χ2v) is 2.33. The van der Waals surface area contributed by atoms with Crippen LogP contribution < -0.4 is 4.74 Å². The summed E-state index contributed by atoms with van der Waals surface area (Å²) in [6.07, 6.45) is 0. The van der Waals surface area contributed by atoms with E-state index in [-0.39, 0.29) is 5.02 Å². The minimum absolute atomic E-state index is 0.281. The minimum Gasteiger partial charge on any atom is -0.492 e. The van der Waals surface area contributed by atoms with Crippen LogP contribution in [0.2, 0.25) is 5.02 Å². The Morgan fingerprint density at radius 2 is 2.45 bits per heavy atom. The Labute approximate surface area is 69.7 Å². The molecule has 0 N–H and O–H groups in total. The first-order chi connectivity index (χ1) is 5.24. The van der Waals surface area contributed by atoms with Crippen LogP contribution in [0.4, 0.5) is 4.39 Å². The molecule has 1 radical (unpaired) electrons. The number of ether oxygens (including phenoxy) is 1. The van der Waals surface area contributed by atoms with E-state index in [0.29, 0.717) is 12.4 Å². The van der Waals surface area contributed by atoms with E-state index in [1.165, 1.54) is 12.1 Å². The summed E-state index contributed by atoms with van der Waals surface area (Å²) >= 11 is 5.62. The maximum Gasteiger partial charge on any atom is 0.138 e. The Morgan fingerprint density at radius 1 is 1.73 bits per heavy atom. The molecule has 0 amide bonds. The molecule has 0 aliphatic heterocycles. The zero-order valence-electron chi connectivity index (χ0n) is 6.03. The lowest BCUT2D eigenvalue weighted by Gasteiger charge is -2.03. The second kappa shape index (κ2) is 3.58. The molecule has 3 heteroatoms. The molecule has 11 heavy (non-hydrogen) atoms. The van der Waals surface area contributed by atoms with Gasteiger partial charge in [-0.1, -0.05) is 11.6 Å². The van der Waals surface area contributed by atoms with Crippen molar-refractivity contribution >= 4 is 11.6 Å². The molecule has 0 atom stereocenters. The average molecular weight is 174 g/mol. The largest absolute Gasteiger partial charge is 0.492 e. The summed E-state index contributed by atoms with van der Waals surface area (Å²) in [7, 11) is 0. The first-order valence-electron chi connectivity index (χ1n) is 3.23. The maximum absolute atomic E-state index is 12.4. The van der Waals surface area contributed by atoms with Gasteiger partial charge >= 0.3 is 0 Å². The van der Waals surface area contributed by atoms with Gasteiger partial charge < -0.3 is 4.74 Å². The van der Waals surface area contributed by atoms with Crippen LogP contribution >= 0.6 is 11.6 Å². The quantitative estimate of drug-likeness (QED) is 0.668. The monoisotopic (exact) mass is 173 g/mol. The van der Waals surface area contributed by atoms with Crippen molar-refractivity contribution in [1.29, 1.82) is 0 Å². The summed E-state index contributed by atoms with van der Waals surface area (Å²) in [6.45, 7) is 2.35. The third-order valence-corrected chi connectivity index (χ3v) is 1.43. The molecule has 0 aliphatic carbocycles. The van der Waals surface area contributed by atoms with Gasteiger partial charge in [0, 0.05) is 6.07 Å².